The van der Waals surface area contributed by atoms with E-state index in [0.29, 0.717) is 13.1 Å². The van der Waals surface area contributed by atoms with E-state index < -0.39 is 0 Å². The number of carbonyl (C=O) groups is 2. The van der Waals surface area contributed by atoms with Crippen LogP contribution in [-0.2, 0) is 27.3 Å². The van der Waals surface area contributed by atoms with Crippen molar-refractivity contribution in [2.75, 3.05) is 27.2 Å². The molecule has 0 aliphatic carbocycles. The van der Waals surface area contributed by atoms with Crippen molar-refractivity contribution in [1.29, 1.82) is 0 Å². The van der Waals surface area contributed by atoms with E-state index in [1.54, 1.807) is 0 Å². The van der Waals surface area contributed by atoms with Crippen LogP contribution in [0.4, 0.5) is 0 Å². The molecule has 1 amide bonds. The van der Waals surface area contributed by atoms with Crippen LogP contribution in [0.25, 0.3) is 0 Å². The van der Waals surface area contributed by atoms with Gasteiger partial charge in [-0.1, -0.05) is 31.2 Å². The Morgan fingerprint density at radius 1 is 1.26 bits per heavy atom. The van der Waals surface area contributed by atoms with Gasteiger partial charge in [-0.25, -0.2) is 0 Å². The molecule has 0 bridgehead atoms. The lowest BCUT2D eigenvalue weighted by Gasteiger charge is -2.34. The average molecular weight is 318 g/mol. The normalized spacial score (nSPS) is 16.7. The van der Waals surface area contributed by atoms with E-state index in [4.69, 9.17) is 4.74 Å². The van der Waals surface area contributed by atoms with Gasteiger partial charge in [-0.2, -0.15) is 0 Å². The van der Waals surface area contributed by atoms with Crippen LogP contribution >= 0.6 is 0 Å². The highest BCUT2D eigenvalue weighted by atomic mass is 16.5. The Balaban J connectivity index is 1.96. The Hall–Kier alpha value is -1.88. The number of hydrogen-bond donors (Lipinski definition) is 0. The van der Waals surface area contributed by atoms with E-state index >= 15 is 0 Å². The molecule has 0 unspecified atom stereocenters. The largest absolute Gasteiger partial charge is 0.469 e. The van der Waals surface area contributed by atoms with Crippen molar-refractivity contribution in [3.8, 4) is 0 Å². The van der Waals surface area contributed by atoms with Crippen LogP contribution in [0, 0.1) is 5.92 Å². The van der Waals surface area contributed by atoms with E-state index in [1.165, 1.54) is 18.2 Å². The highest BCUT2D eigenvalue weighted by Gasteiger charge is 2.28. The topological polar surface area (TPSA) is 49.9 Å². The first-order chi connectivity index (χ1) is 10.9. The molecule has 0 N–H and O–H groups in total. The third-order valence-corrected chi connectivity index (χ3v) is 4.63. The first-order valence-electron chi connectivity index (χ1n) is 8.07. The smallest absolute Gasteiger partial charge is 0.309 e. The number of likely N-dealkylation sites (N-methyl/N-ethyl adjacent to an activating group) is 1. The monoisotopic (exact) mass is 318 g/mol. The Morgan fingerprint density at radius 3 is 2.57 bits per heavy atom. The molecule has 0 aromatic heterocycles. The zero-order valence-corrected chi connectivity index (χ0v) is 14.4. The van der Waals surface area contributed by atoms with Gasteiger partial charge in [0.1, 0.15) is 0 Å². The van der Waals surface area contributed by atoms with Gasteiger partial charge in [0.05, 0.1) is 19.1 Å². The van der Waals surface area contributed by atoms with Crippen molar-refractivity contribution in [2.45, 2.75) is 32.9 Å². The van der Waals surface area contributed by atoms with Crippen molar-refractivity contribution in [1.82, 2.24) is 9.80 Å². The van der Waals surface area contributed by atoms with Gasteiger partial charge in [0, 0.05) is 19.6 Å². The van der Waals surface area contributed by atoms with Gasteiger partial charge >= 0.3 is 5.97 Å². The molecule has 1 aliphatic rings. The van der Waals surface area contributed by atoms with Crippen LogP contribution in [0.5, 0.6) is 0 Å². The second kappa shape index (κ2) is 7.59. The summed E-state index contributed by atoms with van der Waals surface area (Å²) in [6, 6.07) is 8.02. The van der Waals surface area contributed by atoms with Gasteiger partial charge in [0.25, 0.3) is 0 Å². The maximum absolute atomic E-state index is 12.7. The highest BCUT2D eigenvalue weighted by molar-refractivity contribution is 5.82. The van der Waals surface area contributed by atoms with E-state index in [1.807, 2.05) is 42.8 Å². The predicted molar refractivity (Wildman–Crippen MR) is 88.8 cm³/mol. The van der Waals surface area contributed by atoms with Crippen LogP contribution in [0.15, 0.2) is 24.3 Å². The highest BCUT2D eigenvalue weighted by Crippen LogP contribution is 2.20. The van der Waals surface area contributed by atoms with Crippen LogP contribution in [0.1, 0.15) is 25.0 Å². The summed E-state index contributed by atoms with van der Waals surface area (Å²) in [5.74, 6) is -0.384. The van der Waals surface area contributed by atoms with Crippen molar-refractivity contribution < 1.29 is 14.3 Å². The molecule has 0 fully saturated rings. The summed E-state index contributed by atoms with van der Waals surface area (Å²) in [6.07, 6.45) is 0.900. The van der Waals surface area contributed by atoms with Crippen LogP contribution in [-0.4, -0.2) is 55.0 Å². The van der Waals surface area contributed by atoms with Gasteiger partial charge in [-0.3, -0.25) is 14.5 Å². The minimum atomic E-state index is -0.257. The van der Waals surface area contributed by atoms with E-state index in [0.717, 1.165) is 13.0 Å². The van der Waals surface area contributed by atoms with Crippen molar-refractivity contribution in [2.24, 2.45) is 5.92 Å². The number of methoxy groups -OCH3 is 1. The maximum atomic E-state index is 12.7. The minimum absolute atomic E-state index is 0.110. The SMILES string of the molecule is COC(=O)[C@H](C)CN(C)[C@@H](C)C(=O)N1CCc2ccccc2C1. The molecule has 1 heterocycles. The third kappa shape index (κ3) is 4.10. The summed E-state index contributed by atoms with van der Waals surface area (Å²) in [4.78, 5) is 28.1. The van der Waals surface area contributed by atoms with Gasteiger partial charge in [0.15, 0.2) is 0 Å². The lowest BCUT2D eigenvalue weighted by Crippen LogP contribution is -2.48. The quantitative estimate of drug-likeness (QED) is 0.776. The third-order valence-electron chi connectivity index (χ3n) is 4.63. The predicted octanol–water partition coefficient (Wildman–Crippen LogP) is 1.70. The van der Waals surface area contributed by atoms with Gasteiger partial charge < -0.3 is 9.64 Å². The van der Waals surface area contributed by atoms with Crippen molar-refractivity contribution in [3.05, 3.63) is 35.4 Å². The molecule has 0 radical (unpaired) electrons. The fraction of sp³-hybridized carbons (Fsp3) is 0.556. The molecule has 0 saturated carbocycles. The van der Waals surface area contributed by atoms with Gasteiger partial charge in [-0.05, 0) is 31.5 Å². The van der Waals surface area contributed by atoms with Crippen LogP contribution in [0.2, 0.25) is 0 Å². The molecule has 0 saturated heterocycles. The lowest BCUT2D eigenvalue weighted by atomic mass is 9.99. The maximum Gasteiger partial charge on any atom is 0.309 e. The molecule has 1 aromatic carbocycles. The number of hydrogen-bond acceptors (Lipinski definition) is 4. The summed E-state index contributed by atoms with van der Waals surface area (Å²) in [5.41, 5.74) is 2.56. The first-order valence-corrected chi connectivity index (χ1v) is 8.07. The van der Waals surface area contributed by atoms with Gasteiger partial charge in [0.2, 0.25) is 5.91 Å². The number of esters is 1. The molecule has 5 nitrogen and oxygen atoms in total. The minimum Gasteiger partial charge on any atom is -0.469 e. The number of fused-ring (bicyclic) bond motifs is 1. The molecular weight excluding hydrogens is 292 g/mol. The number of carbonyl (C=O) groups excluding carboxylic acids is 2. The standard InChI is InChI=1S/C18H26N2O3/c1-13(18(22)23-4)11-19(3)14(2)17(21)20-10-9-15-7-5-6-8-16(15)12-20/h5-8,13-14H,9-12H2,1-4H3/t13-,14+/m1/s1. The first kappa shape index (κ1) is 17.5. The Labute approximate surface area is 138 Å². The van der Waals surface area contributed by atoms with Gasteiger partial charge in [-0.15, -0.1) is 0 Å². The average Bonchev–Trinajstić information content (AvgIpc) is 2.58. The fourth-order valence-corrected chi connectivity index (χ4v) is 3.00. The van der Waals surface area contributed by atoms with Crippen molar-refractivity contribution >= 4 is 11.9 Å². The summed E-state index contributed by atoms with van der Waals surface area (Å²) in [5, 5.41) is 0. The zero-order valence-electron chi connectivity index (χ0n) is 14.4. The number of amides is 1. The fourth-order valence-electron chi connectivity index (χ4n) is 3.00. The molecule has 1 aromatic rings. The number of nitrogens with zero attached hydrogens (tertiary/aromatic N) is 2. The Kier molecular flexibility index (Phi) is 5.77. The molecule has 23 heavy (non-hydrogen) atoms. The van der Waals surface area contributed by atoms with Crippen LogP contribution < -0.4 is 0 Å². The Morgan fingerprint density at radius 2 is 1.91 bits per heavy atom. The summed E-state index contributed by atoms with van der Waals surface area (Å²) in [6.45, 7) is 5.63. The summed E-state index contributed by atoms with van der Waals surface area (Å²) in [7, 11) is 3.26. The van der Waals surface area contributed by atoms with E-state index in [-0.39, 0.29) is 23.8 Å². The molecule has 0 spiro atoms. The summed E-state index contributed by atoms with van der Waals surface area (Å²) < 4.78 is 4.75. The number of rotatable bonds is 5. The second-order valence-corrected chi connectivity index (χ2v) is 6.32. The van der Waals surface area contributed by atoms with E-state index in [9.17, 15) is 9.59 Å². The molecule has 2 rings (SSSR count). The van der Waals surface area contributed by atoms with Crippen molar-refractivity contribution in [3.63, 3.8) is 0 Å². The Bertz CT molecular complexity index is 573. The second-order valence-electron chi connectivity index (χ2n) is 6.32. The molecule has 1 aliphatic heterocycles. The molecule has 126 valence electrons. The number of benzene rings is 1. The number of ether oxygens (including phenoxy) is 1. The zero-order chi connectivity index (χ0) is 17.0. The van der Waals surface area contributed by atoms with Crippen LogP contribution in [0.3, 0.4) is 0 Å². The molecule has 5 heteroatoms. The molecular formula is C18H26N2O3. The van der Waals surface area contributed by atoms with E-state index in [2.05, 4.69) is 12.1 Å². The molecule has 2 atom stereocenters. The summed E-state index contributed by atoms with van der Waals surface area (Å²) >= 11 is 0. The lowest BCUT2D eigenvalue weighted by molar-refractivity contribution is -0.146.